The van der Waals surface area contributed by atoms with Crippen LogP contribution in [0.1, 0.15) is 77.3 Å². The summed E-state index contributed by atoms with van der Waals surface area (Å²) in [6.07, 6.45) is 5.69. The average molecular weight is 427 g/mol. The Morgan fingerprint density at radius 3 is 2.48 bits per heavy atom. The van der Waals surface area contributed by atoms with E-state index in [0.717, 1.165) is 50.6 Å². The summed E-state index contributed by atoms with van der Waals surface area (Å²) < 4.78 is 0. The summed E-state index contributed by atoms with van der Waals surface area (Å²) in [4.78, 5) is 29.8. The van der Waals surface area contributed by atoms with Gasteiger partial charge < -0.3 is 14.9 Å². The van der Waals surface area contributed by atoms with E-state index in [9.17, 15) is 14.7 Å². The maximum Gasteiger partial charge on any atom is 0.225 e. The van der Waals surface area contributed by atoms with Crippen LogP contribution in [0.3, 0.4) is 0 Å². The van der Waals surface area contributed by atoms with Gasteiger partial charge in [0.1, 0.15) is 5.75 Å². The molecular weight excluding hydrogens is 388 g/mol. The minimum absolute atomic E-state index is 0.0484. The van der Waals surface area contributed by atoms with Gasteiger partial charge in [0.2, 0.25) is 11.8 Å². The molecule has 1 unspecified atom stereocenters. The fourth-order valence-electron chi connectivity index (χ4n) is 6.59. The zero-order chi connectivity index (χ0) is 22.6. The van der Waals surface area contributed by atoms with E-state index in [1.165, 1.54) is 5.56 Å². The molecule has 1 N–H and O–H groups in total. The second-order valence-corrected chi connectivity index (χ2v) is 10.7. The van der Waals surface area contributed by atoms with Crippen molar-refractivity contribution in [2.24, 2.45) is 11.3 Å². The van der Waals surface area contributed by atoms with Gasteiger partial charge in [-0.2, -0.15) is 0 Å². The van der Waals surface area contributed by atoms with Crippen LogP contribution >= 0.6 is 0 Å². The monoisotopic (exact) mass is 426 g/mol. The molecule has 5 heteroatoms. The number of aromatic hydroxyl groups is 1. The Bertz CT molecular complexity index is 871. The molecule has 1 aromatic carbocycles. The molecule has 0 spiro atoms. The van der Waals surface area contributed by atoms with Gasteiger partial charge in [-0.05, 0) is 61.1 Å². The van der Waals surface area contributed by atoms with E-state index in [4.69, 9.17) is 0 Å². The van der Waals surface area contributed by atoms with Crippen LogP contribution < -0.4 is 0 Å². The Morgan fingerprint density at radius 2 is 1.84 bits per heavy atom. The van der Waals surface area contributed by atoms with Gasteiger partial charge >= 0.3 is 0 Å². The molecule has 0 aromatic heterocycles. The molecule has 3 aliphatic rings. The van der Waals surface area contributed by atoms with Gasteiger partial charge in [0.15, 0.2) is 0 Å². The molecule has 2 atom stereocenters. The largest absolute Gasteiger partial charge is 0.508 e. The number of piperidine rings is 1. The first-order valence-electron chi connectivity index (χ1n) is 12.0. The summed E-state index contributed by atoms with van der Waals surface area (Å²) in [5.74, 6) is 0.879. The van der Waals surface area contributed by atoms with Crippen LogP contribution in [-0.4, -0.2) is 52.4 Å². The molecule has 1 saturated carbocycles. The highest BCUT2D eigenvalue weighted by molar-refractivity contribution is 5.80. The van der Waals surface area contributed by atoms with Crippen molar-refractivity contribution in [1.82, 2.24) is 9.80 Å². The van der Waals surface area contributed by atoms with E-state index < -0.39 is 0 Å². The molecular formula is C26H38N2O3. The molecule has 1 heterocycles. The van der Waals surface area contributed by atoms with Crippen molar-refractivity contribution in [3.8, 4) is 5.75 Å². The number of benzene rings is 1. The molecule has 1 aromatic rings. The Labute approximate surface area is 186 Å². The molecule has 5 nitrogen and oxygen atoms in total. The third-order valence-electron chi connectivity index (χ3n) is 9.20. The quantitative estimate of drug-likeness (QED) is 0.786. The van der Waals surface area contributed by atoms with Crippen LogP contribution in [-0.2, 0) is 21.4 Å². The lowest BCUT2D eigenvalue weighted by Crippen LogP contribution is -2.65. The Kier molecular flexibility index (Phi) is 5.60. The van der Waals surface area contributed by atoms with Crippen LogP contribution in [0, 0.1) is 11.3 Å². The number of phenols is 1. The summed E-state index contributed by atoms with van der Waals surface area (Å²) in [5, 5.41) is 10.6. The van der Waals surface area contributed by atoms with Crippen molar-refractivity contribution in [3.05, 3.63) is 29.3 Å². The molecule has 170 valence electrons. The molecule has 2 fully saturated rings. The second-order valence-electron chi connectivity index (χ2n) is 10.7. The number of hydrogen-bond donors (Lipinski definition) is 1. The first-order chi connectivity index (χ1) is 14.6. The van der Waals surface area contributed by atoms with Crippen molar-refractivity contribution in [2.45, 2.75) is 90.1 Å². The number of carbonyl (C=O) groups excluding carboxylic acids is 2. The highest BCUT2D eigenvalue weighted by Crippen LogP contribution is 2.57. The maximum atomic E-state index is 13.7. The number of phenolic OH excluding ortho intramolecular Hbond substituents is 1. The van der Waals surface area contributed by atoms with Crippen LogP contribution in [0.5, 0.6) is 5.75 Å². The van der Waals surface area contributed by atoms with Gasteiger partial charge in [0.25, 0.3) is 0 Å². The predicted molar refractivity (Wildman–Crippen MR) is 122 cm³/mol. The van der Waals surface area contributed by atoms with E-state index in [-0.39, 0.29) is 40.6 Å². The van der Waals surface area contributed by atoms with Crippen molar-refractivity contribution < 1.29 is 14.7 Å². The van der Waals surface area contributed by atoms with E-state index in [0.29, 0.717) is 12.2 Å². The topological polar surface area (TPSA) is 60.9 Å². The highest BCUT2D eigenvalue weighted by atomic mass is 16.3. The molecule has 2 aliphatic carbocycles. The van der Waals surface area contributed by atoms with Crippen molar-refractivity contribution in [3.63, 3.8) is 0 Å². The van der Waals surface area contributed by atoms with Crippen LogP contribution in [0.15, 0.2) is 18.2 Å². The van der Waals surface area contributed by atoms with Crippen molar-refractivity contribution in [2.75, 3.05) is 13.6 Å². The molecule has 2 amide bonds. The Hall–Kier alpha value is -2.04. The van der Waals surface area contributed by atoms with Gasteiger partial charge in [-0.3, -0.25) is 9.59 Å². The summed E-state index contributed by atoms with van der Waals surface area (Å²) in [6, 6.07) is 6.25. The fourth-order valence-corrected chi connectivity index (χ4v) is 6.59. The van der Waals surface area contributed by atoms with Gasteiger partial charge in [-0.15, -0.1) is 0 Å². The number of nitrogens with zero attached hydrogens (tertiary/aromatic N) is 2. The lowest BCUT2D eigenvalue weighted by Gasteiger charge is -2.61. The second kappa shape index (κ2) is 7.83. The summed E-state index contributed by atoms with van der Waals surface area (Å²) in [6.45, 7) is 9.59. The SMILES string of the molecule is CCC(=O)N(C)C1CCC(C(=O)N2CC[C@@]3(C)c4cccc(O)c4CC2C3(C)C)CC1. The van der Waals surface area contributed by atoms with E-state index in [1.807, 2.05) is 24.9 Å². The Balaban J connectivity index is 1.53. The zero-order valence-corrected chi connectivity index (χ0v) is 19.8. The molecule has 31 heavy (non-hydrogen) atoms. The molecule has 0 radical (unpaired) electrons. The minimum atomic E-state index is -0.0628. The lowest BCUT2D eigenvalue weighted by molar-refractivity contribution is -0.149. The number of carbonyl (C=O) groups is 2. The number of likely N-dealkylation sites (tertiary alicyclic amines) is 1. The van der Waals surface area contributed by atoms with Gasteiger partial charge in [-0.25, -0.2) is 0 Å². The molecule has 1 aliphatic heterocycles. The van der Waals surface area contributed by atoms with Crippen LogP contribution in [0.25, 0.3) is 0 Å². The van der Waals surface area contributed by atoms with Gasteiger partial charge in [-0.1, -0.05) is 39.8 Å². The molecule has 2 bridgehead atoms. The Morgan fingerprint density at radius 1 is 1.16 bits per heavy atom. The smallest absolute Gasteiger partial charge is 0.225 e. The van der Waals surface area contributed by atoms with E-state index in [1.54, 1.807) is 6.07 Å². The third-order valence-corrected chi connectivity index (χ3v) is 9.20. The lowest BCUT2D eigenvalue weighted by atomic mass is 9.51. The van der Waals surface area contributed by atoms with Crippen molar-refractivity contribution in [1.29, 1.82) is 0 Å². The predicted octanol–water partition coefficient (Wildman–Crippen LogP) is 4.26. The van der Waals surface area contributed by atoms with Gasteiger partial charge in [0.05, 0.1) is 0 Å². The maximum absolute atomic E-state index is 13.7. The third kappa shape index (κ3) is 3.35. The first kappa shape index (κ1) is 22.2. The van der Waals surface area contributed by atoms with Crippen LogP contribution in [0.2, 0.25) is 0 Å². The number of amides is 2. The first-order valence-corrected chi connectivity index (χ1v) is 12.0. The zero-order valence-electron chi connectivity index (χ0n) is 19.8. The fraction of sp³-hybridized carbons (Fsp3) is 0.692. The number of hydrogen-bond acceptors (Lipinski definition) is 3. The standard InChI is InChI=1S/C26H38N2O3/c1-6-23(30)27(5)18-12-10-17(11-13-18)24(31)28-15-14-26(4)20-8-7-9-21(29)19(20)16-22(28)25(26,2)3/h7-9,17-18,22,29H,6,10-16H2,1-5H3/t17?,18?,22?,26-/m0/s1. The molecule has 1 saturated heterocycles. The highest BCUT2D eigenvalue weighted by Gasteiger charge is 2.57. The van der Waals surface area contributed by atoms with Crippen LogP contribution in [0.4, 0.5) is 0 Å². The summed E-state index contributed by atoms with van der Waals surface area (Å²) in [5.41, 5.74) is 2.16. The number of rotatable bonds is 3. The van der Waals surface area contributed by atoms with E-state index >= 15 is 0 Å². The van der Waals surface area contributed by atoms with E-state index in [2.05, 4.69) is 31.7 Å². The minimum Gasteiger partial charge on any atom is -0.508 e. The molecule has 4 rings (SSSR count). The average Bonchev–Trinajstić information content (AvgIpc) is 2.75. The number of fused-ring (bicyclic) bond motifs is 4. The summed E-state index contributed by atoms with van der Waals surface area (Å²) in [7, 11) is 1.90. The van der Waals surface area contributed by atoms with Crippen molar-refractivity contribution >= 4 is 11.8 Å². The normalized spacial score (nSPS) is 31.6. The van der Waals surface area contributed by atoms with Gasteiger partial charge in [0, 0.05) is 43.4 Å². The summed E-state index contributed by atoms with van der Waals surface area (Å²) >= 11 is 0.